The first-order valence-corrected chi connectivity index (χ1v) is 7.73. The highest BCUT2D eigenvalue weighted by molar-refractivity contribution is 6.10. The highest BCUT2D eigenvalue weighted by Gasteiger charge is 2.17. The van der Waals surface area contributed by atoms with Gasteiger partial charge in [0.2, 0.25) is 0 Å². The number of carboxylic acids is 1. The van der Waals surface area contributed by atoms with Crippen LogP contribution in [0.5, 0.6) is 0 Å². The van der Waals surface area contributed by atoms with Gasteiger partial charge in [0.05, 0.1) is 5.56 Å². The van der Waals surface area contributed by atoms with Crippen LogP contribution in [0.2, 0.25) is 0 Å². The normalized spacial score (nSPS) is 10.3. The van der Waals surface area contributed by atoms with Crippen LogP contribution in [0.3, 0.4) is 0 Å². The van der Waals surface area contributed by atoms with Crippen molar-refractivity contribution in [1.29, 1.82) is 0 Å². The van der Waals surface area contributed by atoms with E-state index in [1.807, 2.05) is 19.1 Å². The van der Waals surface area contributed by atoms with Gasteiger partial charge in [-0.05, 0) is 42.3 Å². The number of hydrogen-bond donors (Lipinski definition) is 2. The molecule has 3 aromatic rings. The van der Waals surface area contributed by atoms with E-state index in [0.717, 1.165) is 5.69 Å². The topological polar surface area (TPSA) is 79.3 Å². The van der Waals surface area contributed by atoms with Gasteiger partial charge in [-0.25, -0.2) is 9.78 Å². The van der Waals surface area contributed by atoms with E-state index in [1.54, 1.807) is 48.5 Å². The fourth-order valence-corrected chi connectivity index (χ4v) is 2.62. The second-order valence-electron chi connectivity index (χ2n) is 5.51. The van der Waals surface area contributed by atoms with Gasteiger partial charge in [0.1, 0.15) is 5.82 Å². The van der Waals surface area contributed by atoms with Crippen LogP contribution in [0.15, 0.2) is 66.7 Å². The third-order valence-electron chi connectivity index (χ3n) is 3.75. The quantitative estimate of drug-likeness (QED) is 0.756. The molecule has 1 amide bonds. The standard InChI is InChI=1S/C20H16N2O3/c1-13-7-6-12-18(21-13)22-19(23)16-10-4-2-8-14(16)15-9-3-5-11-17(15)20(24)25/h2-12H,1H3,(H,24,25)(H,21,22,23). The van der Waals surface area contributed by atoms with E-state index in [1.165, 1.54) is 6.07 Å². The molecule has 0 fully saturated rings. The molecule has 0 aliphatic heterocycles. The van der Waals surface area contributed by atoms with Crippen LogP contribution in [-0.2, 0) is 0 Å². The summed E-state index contributed by atoms with van der Waals surface area (Å²) in [7, 11) is 0. The summed E-state index contributed by atoms with van der Waals surface area (Å²) >= 11 is 0. The molecular weight excluding hydrogens is 316 g/mol. The number of amides is 1. The molecular formula is C20H16N2O3. The number of aromatic carboxylic acids is 1. The Morgan fingerprint density at radius 2 is 1.44 bits per heavy atom. The summed E-state index contributed by atoms with van der Waals surface area (Å²) in [4.78, 5) is 28.5. The highest BCUT2D eigenvalue weighted by Crippen LogP contribution is 2.27. The van der Waals surface area contributed by atoms with Gasteiger partial charge < -0.3 is 10.4 Å². The molecule has 0 radical (unpaired) electrons. The lowest BCUT2D eigenvalue weighted by molar-refractivity contribution is 0.0697. The molecule has 0 aliphatic rings. The molecule has 0 spiro atoms. The molecule has 0 bridgehead atoms. The van der Waals surface area contributed by atoms with Crippen LogP contribution in [0, 0.1) is 6.92 Å². The molecule has 0 saturated heterocycles. The summed E-state index contributed by atoms with van der Waals surface area (Å²) < 4.78 is 0. The van der Waals surface area contributed by atoms with Crippen LogP contribution in [-0.4, -0.2) is 22.0 Å². The first-order chi connectivity index (χ1) is 12.1. The Bertz CT molecular complexity index is 951. The summed E-state index contributed by atoms with van der Waals surface area (Å²) in [5.74, 6) is -0.925. The van der Waals surface area contributed by atoms with E-state index in [4.69, 9.17) is 0 Å². The van der Waals surface area contributed by atoms with E-state index in [0.29, 0.717) is 22.5 Å². The Balaban J connectivity index is 2.02. The molecule has 3 rings (SSSR count). The van der Waals surface area contributed by atoms with E-state index < -0.39 is 5.97 Å². The zero-order chi connectivity index (χ0) is 17.8. The van der Waals surface area contributed by atoms with E-state index in [9.17, 15) is 14.7 Å². The Morgan fingerprint density at radius 3 is 2.08 bits per heavy atom. The molecule has 25 heavy (non-hydrogen) atoms. The molecule has 5 heteroatoms. The van der Waals surface area contributed by atoms with Crippen LogP contribution in [0.4, 0.5) is 5.82 Å². The number of carbonyl (C=O) groups excluding carboxylic acids is 1. The van der Waals surface area contributed by atoms with Crippen molar-refractivity contribution in [2.75, 3.05) is 5.32 Å². The number of aryl methyl sites for hydroxylation is 1. The van der Waals surface area contributed by atoms with Gasteiger partial charge in [-0.3, -0.25) is 4.79 Å². The number of anilines is 1. The zero-order valence-electron chi connectivity index (χ0n) is 13.6. The van der Waals surface area contributed by atoms with Crippen molar-refractivity contribution < 1.29 is 14.7 Å². The zero-order valence-corrected chi connectivity index (χ0v) is 13.6. The fraction of sp³-hybridized carbons (Fsp3) is 0.0500. The van der Waals surface area contributed by atoms with Crippen molar-refractivity contribution in [2.45, 2.75) is 6.92 Å². The maximum atomic E-state index is 12.7. The number of nitrogens with zero attached hydrogens (tertiary/aromatic N) is 1. The average molecular weight is 332 g/mol. The van der Waals surface area contributed by atoms with Crippen molar-refractivity contribution in [2.24, 2.45) is 0 Å². The number of pyridine rings is 1. The summed E-state index contributed by atoms with van der Waals surface area (Å²) in [5.41, 5.74) is 2.39. The average Bonchev–Trinajstić information content (AvgIpc) is 2.61. The molecule has 0 saturated carbocycles. The van der Waals surface area contributed by atoms with Crippen LogP contribution in [0.1, 0.15) is 26.4 Å². The summed E-state index contributed by atoms with van der Waals surface area (Å²) in [6.07, 6.45) is 0. The molecule has 124 valence electrons. The Labute approximate surface area is 145 Å². The number of carboxylic acid groups (broad SMARTS) is 1. The molecule has 0 atom stereocenters. The molecule has 2 aromatic carbocycles. The van der Waals surface area contributed by atoms with Crippen LogP contribution >= 0.6 is 0 Å². The fourth-order valence-electron chi connectivity index (χ4n) is 2.62. The summed E-state index contributed by atoms with van der Waals surface area (Å²) in [5, 5.41) is 12.2. The van der Waals surface area contributed by atoms with Gasteiger partial charge in [-0.1, -0.05) is 42.5 Å². The number of carbonyl (C=O) groups is 2. The predicted molar refractivity (Wildman–Crippen MR) is 95.8 cm³/mol. The maximum absolute atomic E-state index is 12.7. The third kappa shape index (κ3) is 3.55. The lowest BCUT2D eigenvalue weighted by atomic mass is 9.95. The lowest BCUT2D eigenvalue weighted by Crippen LogP contribution is -2.14. The molecule has 0 aliphatic carbocycles. The number of nitrogens with one attached hydrogen (secondary N) is 1. The van der Waals surface area contributed by atoms with Crippen molar-refractivity contribution in [3.8, 4) is 11.1 Å². The van der Waals surface area contributed by atoms with Crippen molar-refractivity contribution in [3.05, 3.63) is 83.6 Å². The van der Waals surface area contributed by atoms with Gasteiger partial charge in [-0.2, -0.15) is 0 Å². The molecule has 5 nitrogen and oxygen atoms in total. The minimum absolute atomic E-state index is 0.149. The Hall–Kier alpha value is -3.47. The predicted octanol–water partition coefficient (Wildman–Crippen LogP) is 4.01. The Kier molecular flexibility index (Phi) is 4.57. The second kappa shape index (κ2) is 6.97. The number of aromatic nitrogens is 1. The molecule has 1 heterocycles. The van der Waals surface area contributed by atoms with E-state index in [-0.39, 0.29) is 11.5 Å². The first-order valence-electron chi connectivity index (χ1n) is 7.73. The van der Waals surface area contributed by atoms with Crippen molar-refractivity contribution in [3.63, 3.8) is 0 Å². The van der Waals surface area contributed by atoms with Crippen molar-refractivity contribution in [1.82, 2.24) is 4.98 Å². The maximum Gasteiger partial charge on any atom is 0.336 e. The van der Waals surface area contributed by atoms with E-state index in [2.05, 4.69) is 10.3 Å². The third-order valence-corrected chi connectivity index (χ3v) is 3.75. The SMILES string of the molecule is Cc1cccc(NC(=O)c2ccccc2-c2ccccc2C(=O)O)n1. The van der Waals surface area contributed by atoms with Gasteiger partial charge in [0.25, 0.3) is 5.91 Å². The highest BCUT2D eigenvalue weighted by atomic mass is 16.4. The smallest absolute Gasteiger partial charge is 0.336 e. The Morgan fingerprint density at radius 1 is 0.840 bits per heavy atom. The van der Waals surface area contributed by atoms with Gasteiger partial charge >= 0.3 is 5.97 Å². The lowest BCUT2D eigenvalue weighted by Gasteiger charge is -2.12. The summed E-state index contributed by atoms with van der Waals surface area (Å²) in [6.45, 7) is 1.84. The van der Waals surface area contributed by atoms with E-state index >= 15 is 0 Å². The van der Waals surface area contributed by atoms with Gasteiger partial charge in [0, 0.05) is 11.3 Å². The number of benzene rings is 2. The van der Waals surface area contributed by atoms with Crippen molar-refractivity contribution >= 4 is 17.7 Å². The number of rotatable bonds is 4. The van der Waals surface area contributed by atoms with Gasteiger partial charge in [-0.15, -0.1) is 0 Å². The largest absolute Gasteiger partial charge is 0.478 e. The summed E-state index contributed by atoms with van der Waals surface area (Å²) in [6, 6.07) is 18.9. The number of hydrogen-bond acceptors (Lipinski definition) is 3. The monoisotopic (exact) mass is 332 g/mol. The van der Waals surface area contributed by atoms with Crippen LogP contribution in [0.25, 0.3) is 11.1 Å². The molecule has 0 unspecified atom stereocenters. The molecule has 1 aromatic heterocycles. The minimum atomic E-state index is -1.04. The van der Waals surface area contributed by atoms with Gasteiger partial charge in [0.15, 0.2) is 0 Å². The first kappa shape index (κ1) is 16.4. The van der Waals surface area contributed by atoms with Crippen LogP contribution < -0.4 is 5.32 Å². The second-order valence-corrected chi connectivity index (χ2v) is 5.51. The minimum Gasteiger partial charge on any atom is -0.478 e. The molecule has 2 N–H and O–H groups in total.